The molecule has 1 fully saturated rings. The Morgan fingerprint density at radius 3 is 2.67 bits per heavy atom. The molecule has 0 aromatic heterocycles. The zero-order valence-electron chi connectivity index (χ0n) is 13.4. The number of nitrogens with zero attached hydrogens (tertiary/aromatic N) is 1. The maximum Gasteiger partial charge on any atom is 0.255 e. The number of amides is 3. The molecule has 2 N–H and O–H groups in total. The van der Waals surface area contributed by atoms with Crippen LogP contribution in [0.3, 0.4) is 0 Å². The summed E-state index contributed by atoms with van der Waals surface area (Å²) in [5.74, 6) is -0.478. The maximum atomic E-state index is 12.8. The van der Waals surface area contributed by atoms with Gasteiger partial charge in [0.1, 0.15) is 6.04 Å². The first kappa shape index (κ1) is 15.3. The van der Waals surface area contributed by atoms with Crippen LogP contribution in [0.25, 0.3) is 0 Å². The molecule has 4 rings (SSSR count). The minimum absolute atomic E-state index is 0.119. The third-order valence-electron chi connectivity index (χ3n) is 5.43. The number of carbonyl (C=O) groups excluding carboxylic acids is 3. The van der Waals surface area contributed by atoms with Gasteiger partial charge in [-0.2, -0.15) is 0 Å². The van der Waals surface area contributed by atoms with Crippen molar-refractivity contribution in [2.75, 3.05) is 6.61 Å². The van der Waals surface area contributed by atoms with Crippen LogP contribution in [-0.2, 0) is 29.0 Å². The summed E-state index contributed by atoms with van der Waals surface area (Å²) >= 11 is 0. The van der Waals surface area contributed by atoms with Crippen LogP contribution >= 0.6 is 0 Å². The third-order valence-corrected chi connectivity index (χ3v) is 5.43. The molecule has 0 saturated carbocycles. The number of hydrogen-bond donors (Lipinski definition) is 2. The van der Waals surface area contributed by atoms with E-state index in [1.165, 1.54) is 11.1 Å². The molecule has 3 amide bonds. The van der Waals surface area contributed by atoms with Crippen LogP contribution in [0.5, 0.6) is 0 Å². The molecule has 6 heteroatoms. The van der Waals surface area contributed by atoms with Gasteiger partial charge in [0.25, 0.3) is 5.91 Å². The van der Waals surface area contributed by atoms with Gasteiger partial charge in [0, 0.05) is 25.1 Å². The van der Waals surface area contributed by atoms with Crippen molar-refractivity contribution in [2.24, 2.45) is 5.92 Å². The van der Waals surface area contributed by atoms with Crippen molar-refractivity contribution in [2.45, 2.75) is 44.7 Å². The van der Waals surface area contributed by atoms with E-state index in [2.05, 4.69) is 11.4 Å². The molecule has 2 aliphatic heterocycles. The largest absolute Gasteiger partial charge is 0.396 e. The Kier molecular flexibility index (Phi) is 3.64. The highest BCUT2D eigenvalue weighted by atomic mass is 16.3. The number of nitrogens with one attached hydrogen (secondary N) is 1. The van der Waals surface area contributed by atoms with E-state index in [4.69, 9.17) is 0 Å². The van der Waals surface area contributed by atoms with Crippen LogP contribution in [0.2, 0.25) is 0 Å². The average Bonchev–Trinajstić information content (AvgIpc) is 2.88. The van der Waals surface area contributed by atoms with Gasteiger partial charge in [-0.3, -0.25) is 19.7 Å². The van der Waals surface area contributed by atoms with Crippen molar-refractivity contribution in [1.82, 2.24) is 10.2 Å². The van der Waals surface area contributed by atoms with Crippen LogP contribution in [0.15, 0.2) is 12.1 Å². The van der Waals surface area contributed by atoms with Crippen molar-refractivity contribution in [1.29, 1.82) is 0 Å². The fourth-order valence-corrected chi connectivity index (χ4v) is 4.06. The summed E-state index contributed by atoms with van der Waals surface area (Å²) in [7, 11) is 0. The molecule has 3 aliphatic rings. The van der Waals surface area contributed by atoms with E-state index in [1.807, 2.05) is 6.07 Å². The number of imide groups is 1. The van der Waals surface area contributed by atoms with Gasteiger partial charge in [-0.15, -0.1) is 0 Å². The van der Waals surface area contributed by atoms with E-state index in [0.717, 1.165) is 24.8 Å². The first-order valence-electron chi connectivity index (χ1n) is 8.47. The molecule has 1 aromatic carbocycles. The summed E-state index contributed by atoms with van der Waals surface area (Å²) in [6.45, 7) is 0.607. The summed E-state index contributed by atoms with van der Waals surface area (Å²) in [6.07, 6.45) is 3.31. The standard InChI is InChI=1S/C18H20N2O4/c21-9-10-1-2-11-7-14-13(6-12(11)5-10)8-20(18(14)24)15-3-4-16(22)19-17(15)23/h6-7,10,15,21H,1-5,8-9H2,(H,19,22,23)/t10?,15-/m1/s1. The molecular weight excluding hydrogens is 308 g/mol. The van der Waals surface area contributed by atoms with E-state index < -0.39 is 6.04 Å². The SMILES string of the molecule is O=C1CC[C@@H](N2Cc3cc4c(cc3C2=O)CCC(CO)C4)C(=O)N1. The fraction of sp³-hybridized carbons (Fsp3) is 0.500. The first-order chi connectivity index (χ1) is 11.6. The Morgan fingerprint density at radius 1 is 1.08 bits per heavy atom. The van der Waals surface area contributed by atoms with E-state index in [1.54, 1.807) is 4.90 Å². The molecule has 126 valence electrons. The van der Waals surface area contributed by atoms with Crippen molar-refractivity contribution in [3.05, 3.63) is 34.4 Å². The van der Waals surface area contributed by atoms with E-state index in [9.17, 15) is 19.5 Å². The zero-order chi connectivity index (χ0) is 16.8. The molecule has 1 saturated heterocycles. The van der Waals surface area contributed by atoms with E-state index >= 15 is 0 Å². The quantitative estimate of drug-likeness (QED) is 0.776. The minimum atomic E-state index is -0.565. The van der Waals surface area contributed by atoms with E-state index in [-0.39, 0.29) is 30.7 Å². The van der Waals surface area contributed by atoms with Crippen LogP contribution in [0.1, 0.15) is 46.3 Å². The predicted octanol–water partition coefficient (Wildman–Crippen LogP) is 0.545. The average molecular weight is 328 g/mol. The van der Waals surface area contributed by atoms with Crippen molar-refractivity contribution >= 4 is 17.7 Å². The molecule has 2 atom stereocenters. The highest BCUT2D eigenvalue weighted by Crippen LogP contribution is 2.33. The maximum absolute atomic E-state index is 12.8. The minimum Gasteiger partial charge on any atom is -0.396 e. The normalized spacial score (nSPS) is 26.2. The molecule has 1 aromatic rings. The second-order valence-electron chi connectivity index (χ2n) is 6.97. The molecule has 0 radical (unpaired) electrons. The molecule has 1 aliphatic carbocycles. The monoisotopic (exact) mass is 328 g/mol. The van der Waals surface area contributed by atoms with Crippen molar-refractivity contribution in [3.8, 4) is 0 Å². The van der Waals surface area contributed by atoms with Crippen LogP contribution < -0.4 is 5.32 Å². The van der Waals surface area contributed by atoms with Crippen molar-refractivity contribution in [3.63, 3.8) is 0 Å². The second kappa shape index (κ2) is 5.70. The number of aliphatic hydroxyl groups excluding tert-OH is 1. The lowest BCUT2D eigenvalue weighted by Crippen LogP contribution is -2.52. The highest BCUT2D eigenvalue weighted by Gasteiger charge is 2.39. The van der Waals surface area contributed by atoms with Gasteiger partial charge in [-0.1, -0.05) is 6.07 Å². The Morgan fingerprint density at radius 2 is 1.92 bits per heavy atom. The van der Waals surface area contributed by atoms with Gasteiger partial charge >= 0.3 is 0 Å². The van der Waals surface area contributed by atoms with Gasteiger partial charge in [0.15, 0.2) is 0 Å². The lowest BCUT2D eigenvalue weighted by atomic mass is 9.82. The van der Waals surface area contributed by atoms with Gasteiger partial charge < -0.3 is 10.0 Å². The molecule has 0 spiro atoms. The zero-order valence-corrected chi connectivity index (χ0v) is 13.4. The van der Waals surface area contributed by atoms with Crippen molar-refractivity contribution < 1.29 is 19.5 Å². The third kappa shape index (κ3) is 2.41. The molecule has 2 heterocycles. The molecule has 0 bridgehead atoms. The lowest BCUT2D eigenvalue weighted by molar-refractivity contribution is -0.136. The van der Waals surface area contributed by atoms with Gasteiger partial charge in [-0.25, -0.2) is 0 Å². The Hall–Kier alpha value is -2.21. The Balaban J connectivity index is 1.61. The smallest absolute Gasteiger partial charge is 0.255 e. The summed E-state index contributed by atoms with van der Waals surface area (Å²) in [4.78, 5) is 37.7. The van der Waals surface area contributed by atoms with Crippen LogP contribution in [0.4, 0.5) is 0 Å². The summed E-state index contributed by atoms with van der Waals surface area (Å²) < 4.78 is 0. The number of hydrogen-bond acceptors (Lipinski definition) is 4. The van der Waals surface area contributed by atoms with Gasteiger partial charge in [-0.05, 0) is 54.4 Å². The molecule has 24 heavy (non-hydrogen) atoms. The van der Waals surface area contributed by atoms with Gasteiger partial charge in [0.05, 0.1) is 0 Å². The Labute approximate surface area is 139 Å². The topological polar surface area (TPSA) is 86.7 Å². The number of benzene rings is 1. The second-order valence-corrected chi connectivity index (χ2v) is 6.97. The summed E-state index contributed by atoms with van der Waals surface area (Å²) in [5, 5.41) is 11.7. The predicted molar refractivity (Wildman–Crippen MR) is 85.1 cm³/mol. The fourth-order valence-electron chi connectivity index (χ4n) is 4.06. The van der Waals surface area contributed by atoms with Crippen LogP contribution in [-0.4, -0.2) is 40.4 Å². The number of piperidine rings is 1. The lowest BCUT2D eigenvalue weighted by Gasteiger charge is -2.29. The number of carbonyl (C=O) groups is 3. The Bertz CT molecular complexity index is 743. The molecule has 6 nitrogen and oxygen atoms in total. The molecular formula is C18H20N2O4. The molecule has 1 unspecified atom stereocenters. The van der Waals surface area contributed by atoms with E-state index in [0.29, 0.717) is 24.4 Å². The van der Waals surface area contributed by atoms with Crippen LogP contribution in [0, 0.1) is 5.92 Å². The first-order valence-corrected chi connectivity index (χ1v) is 8.47. The number of aliphatic hydroxyl groups is 1. The number of rotatable bonds is 2. The summed E-state index contributed by atoms with van der Waals surface area (Å²) in [5.41, 5.74) is 4.01. The van der Waals surface area contributed by atoms with Gasteiger partial charge in [0.2, 0.25) is 11.8 Å². The number of fused-ring (bicyclic) bond motifs is 2. The number of aryl methyl sites for hydroxylation is 1. The summed E-state index contributed by atoms with van der Waals surface area (Å²) in [6, 6.07) is 3.47. The highest BCUT2D eigenvalue weighted by molar-refractivity contribution is 6.05.